The van der Waals surface area contributed by atoms with Gasteiger partial charge >= 0.3 is 0 Å². The summed E-state index contributed by atoms with van der Waals surface area (Å²) in [5, 5.41) is 0.926. The van der Waals surface area contributed by atoms with Crippen LogP contribution in [0.5, 0.6) is 17.2 Å². The Morgan fingerprint density at radius 1 is 0.903 bits per heavy atom. The van der Waals surface area contributed by atoms with Crippen molar-refractivity contribution in [3.8, 4) is 28.5 Å². The third kappa shape index (κ3) is 5.28. The van der Waals surface area contributed by atoms with Gasteiger partial charge in [-0.1, -0.05) is 19.4 Å². The standard InChI is InChI=1S/C26H32N2O3/c1-3-17-30-21-12-10-20(11-13-21)23-19-25(31-18-16-28-14-5-4-6-15-28)26-22(27-23)8-7-9-24(26)29-2/h7-13,19H,3-6,14-18H2,1-2H3. The van der Waals surface area contributed by atoms with Crippen LogP contribution in [0.3, 0.4) is 0 Å². The van der Waals surface area contributed by atoms with Crippen molar-refractivity contribution in [2.45, 2.75) is 32.6 Å². The smallest absolute Gasteiger partial charge is 0.134 e. The van der Waals surface area contributed by atoms with Crippen LogP contribution in [0.1, 0.15) is 32.6 Å². The van der Waals surface area contributed by atoms with Crippen LogP contribution in [0, 0.1) is 0 Å². The molecule has 164 valence electrons. The van der Waals surface area contributed by atoms with Crippen LogP contribution >= 0.6 is 0 Å². The summed E-state index contributed by atoms with van der Waals surface area (Å²) in [6.07, 6.45) is 4.91. The molecule has 1 saturated heterocycles. The Labute approximate surface area is 184 Å². The SMILES string of the molecule is CCCOc1ccc(-c2cc(OCCN3CCCCC3)c3c(OC)cccc3n2)cc1. The first-order chi connectivity index (χ1) is 15.3. The summed E-state index contributed by atoms with van der Waals surface area (Å²) in [7, 11) is 1.69. The lowest BCUT2D eigenvalue weighted by Crippen LogP contribution is -2.33. The normalized spacial score (nSPS) is 14.5. The maximum absolute atomic E-state index is 6.32. The monoisotopic (exact) mass is 420 g/mol. The number of methoxy groups -OCH3 is 1. The molecule has 0 atom stereocenters. The number of ether oxygens (including phenoxy) is 3. The predicted octanol–water partition coefficient (Wildman–Crippen LogP) is 5.56. The average molecular weight is 421 g/mol. The minimum atomic E-state index is 0.653. The van der Waals surface area contributed by atoms with E-state index in [1.807, 2.05) is 36.4 Å². The first kappa shape index (κ1) is 21.4. The summed E-state index contributed by atoms with van der Waals surface area (Å²) in [5.41, 5.74) is 2.79. The zero-order chi connectivity index (χ0) is 21.5. The summed E-state index contributed by atoms with van der Waals surface area (Å²) in [5.74, 6) is 2.49. The molecule has 4 rings (SSSR count). The summed E-state index contributed by atoms with van der Waals surface area (Å²) in [6, 6.07) is 16.1. The molecule has 0 unspecified atom stereocenters. The van der Waals surface area contributed by atoms with Gasteiger partial charge in [-0.15, -0.1) is 0 Å². The van der Waals surface area contributed by atoms with Gasteiger partial charge in [0.15, 0.2) is 0 Å². The van der Waals surface area contributed by atoms with Crippen molar-refractivity contribution in [3.63, 3.8) is 0 Å². The molecular weight excluding hydrogens is 388 g/mol. The predicted molar refractivity (Wildman–Crippen MR) is 125 cm³/mol. The van der Waals surface area contributed by atoms with Gasteiger partial charge in [-0.2, -0.15) is 0 Å². The fraction of sp³-hybridized carbons (Fsp3) is 0.423. The van der Waals surface area contributed by atoms with Gasteiger partial charge in [0.1, 0.15) is 23.9 Å². The van der Waals surface area contributed by atoms with E-state index in [2.05, 4.69) is 24.0 Å². The molecule has 0 N–H and O–H groups in total. The third-order valence-electron chi connectivity index (χ3n) is 5.72. The lowest BCUT2D eigenvalue weighted by Gasteiger charge is -2.26. The molecule has 5 nitrogen and oxygen atoms in total. The van der Waals surface area contributed by atoms with Crippen LogP contribution in [-0.2, 0) is 0 Å². The van der Waals surface area contributed by atoms with E-state index in [9.17, 15) is 0 Å². The Morgan fingerprint density at radius 3 is 2.45 bits per heavy atom. The molecule has 1 aromatic heterocycles. The van der Waals surface area contributed by atoms with E-state index in [0.717, 1.165) is 59.0 Å². The number of nitrogens with zero attached hydrogens (tertiary/aromatic N) is 2. The van der Waals surface area contributed by atoms with E-state index in [4.69, 9.17) is 19.2 Å². The molecule has 0 saturated carbocycles. The molecule has 1 fully saturated rings. The first-order valence-corrected chi connectivity index (χ1v) is 11.3. The molecule has 1 aliphatic heterocycles. The van der Waals surface area contributed by atoms with Gasteiger partial charge in [0.05, 0.1) is 30.3 Å². The topological polar surface area (TPSA) is 43.8 Å². The van der Waals surface area contributed by atoms with Gasteiger partial charge in [-0.3, -0.25) is 4.90 Å². The van der Waals surface area contributed by atoms with Gasteiger partial charge in [0, 0.05) is 18.2 Å². The van der Waals surface area contributed by atoms with Crippen LogP contribution in [0.25, 0.3) is 22.2 Å². The zero-order valence-corrected chi connectivity index (χ0v) is 18.6. The summed E-state index contributed by atoms with van der Waals surface area (Å²) < 4.78 is 17.6. The largest absolute Gasteiger partial charge is 0.496 e. The van der Waals surface area contributed by atoms with Crippen molar-refractivity contribution in [1.82, 2.24) is 9.88 Å². The Morgan fingerprint density at radius 2 is 1.71 bits per heavy atom. The van der Waals surface area contributed by atoms with Gasteiger partial charge < -0.3 is 14.2 Å². The van der Waals surface area contributed by atoms with Crippen LogP contribution in [-0.4, -0.2) is 49.8 Å². The van der Waals surface area contributed by atoms with Crippen LogP contribution in [0.4, 0.5) is 0 Å². The van der Waals surface area contributed by atoms with Crippen molar-refractivity contribution in [2.75, 3.05) is 40.0 Å². The van der Waals surface area contributed by atoms with Gasteiger partial charge in [-0.05, 0) is 68.8 Å². The quantitative estimate of drug-likeness (QED) is 0.453. The lowest BCUT2D eigenvalue weighted by molar-refractivity contribution is 0.184. The highest BCUT2D eigenvalue weighted by Crippen LogP contribution is 2.36. The summed E-state index contributed by atoms with van der Waals surface area (Å²) >= 11 is 0. The second-order valence-corrected chi connectivity index (χ2v) is 7.98. The van der Waals surface area contributed by atoms with Crippen molar-refractivity contribution in [2.24, 2.45) is 0 Å². The molecule has 0 amide bonds. The number of benzene rings is 2. The molecular formula is C26H32N2O3. The number of fused-ring (bicyclic) bond motifs is 1. The van der Waals surface area contributed by atoms with Crippen molar-refractivity contribution in [3.05, 3.63) is 48.5 Å². The van der Waals surface area contributed by atoms with E-state index in [1.54, 1.807) is 7.11 Å². The zero-order valence-electron chi connectivity index (χ0n) is 18.6. The molecule has 0 spiro atoms. The minimum Gasteiger partial charge on any atom is -0.496 e. The fourth-order valence-electron chi connectivity index (χ4n) is 4.06. The minimum absolute atomic E-state index is 0.653. The maximum Gasteiger partial charge on any atom is 0.134 e. The molecule has 2 aromatic carbocycles. The number of pyridine rings is 1. The second-order valence-electron chi connectivity index (χ2n) is 7.98. The maximum atomic E-state index is 6.32. The van der Waals surface area contributed by atoms with Crippen LogP contribution < -0.4 is 14.2 Å². The molecule has 31 heavy (non-hydrogen) atoms. The van der Waals surface area contributed by atoms with Gasteiger partial charge in [0.2, 0.25) is 0 Å². The van der Waals surface area contributed by atoms with E-state index >= 15 is 0 Å². The number of piperidine rings is 1. The Kier molecular flexibility index (Phi) is 7.26. The van der Waals surface area contributed by atoms with E-state index in [0.29, 0.717) is 6.61 Å². The third-order valence-corrected chi connectivity index (χ3v) is 5.72. The molecule has 0 radical (unpaired) electrons. The molecule has 5 heteroatoms. The highest BCUT2D eigenvalue weighted by molar-refractivity contribution is 5.93. The van der Waals surface area contributed by atoms with Gasteiger partial charge in [0.25, 0.3) is 0 Å². The highest BCUT2D eigenvalue weighted by atomic mass is 16.5. The van der Waals surface area contributed by atoms with Crippen molar-refractivity contribution < 1.29 is 14.2 Å². The van der Waals surface area contributed by atoms with E-state index < -0.39 is 0 Å². The Hall–Kier alpha value is -2.79. The molecule has 3 aromatic rings. The molecule has 0 bridgehead atoms. The van der Waals surface area contributed by atoms with Crippen LogP contribution in [0.15, 0.2) is 48.5 Å². The van der Waals surface area contributed by atoms with Crippen molar-refractivity contribution >= 4 is 10.9 Å². The average Bonchev–Trinajstić information content (AvgIpc) is 2.83. The molecule has 2 heterocycles. The van der Waals surface area contributed by atoms with E-state index in [-0.39, 0.29) is 0 Å². The number of hydrogen-bond acceptors (Lipinski definition) is 5. The number of rotatable bonds is 9. The molecule has 1 aliphatic rings. The van der Waals surface area contributed by atoms with Gasteiger partial charge in [-0.25, -0.2) is 4.98 Å². The molecule has 0 aliphatic carbocycles. The number of aromatic nitrogens is 1. The van der Waals surface area contributed by atoms with Crippen molar-refractivity contribution in [1.29, 1.82) is 0 Å². The Balaban J connectivity index is 1.60. The Bertz CT molecular complexity index is 982. The second kappa shape index (κ2) is 10.5. The first-order valence-electron chi connectivity index (χ1n) is 11.3. The number of likely N-dealkylation sites (tertiary alicyclic amines) is 1. The van der Waals surface area contributed by atoms with E-state index in [1.165, 1.54) is 32.4 Å². The number of hydrogen-bond donors (Lipinski definition) is 0. The highest BCUT2D eigenvalue weighted by Gasteiger charge is 2.15. The summed E-state index contributed by atoms with van der Waals surface area (Å²) in [4.78, 5) is 7.38. The lowest BCUT2D eigenvalue weighted by atomic mass is 10.1. The van der Waals surface area contributed by atoms with Crippen LogP contribution in [0.2, 0.25) is 0 Å². The summed E-state index contributed by atoms with van der Waals surface area (Å²) in [6.45, 7) is 6.76. The fourth-order valence-corrected chi connectivity index (χ4v) is 4.06.